The molecule has 1 atom stereocenters. The predicted octanol–water partition coefficient (Wildman–Crippen LogP) is 4.03. The lowest BCUT2D eigenvalue weighted by Gasteiger charge is -2.24. The van der Waals surface area contributed by atoms with Gasteiger partial charge in [0.2, 0.25) is 0 Å². The zero-order chi connectivity index (χ0) is 13.7. The number of hydrogen-bond acceptors (Lipinski definition) is 1. The monoisotopic (exact) mass is 280 g/mol. The molecule has 0 spiro atoms. The standard InChI is InChI=1S/C15H21ClN2O/c1-11(12-6-5-7-13(16)10-12)17-15(19)18-14-8-3-2-4-9-14/h5-7,10-11,14H,2-4,8-9H2,1H3,(H2,17,18,19)/t11-/m1/s1. The average Bonchev–Trinajstić information content (AvgIpc) is 2.39. The van der Waals surface area contributed by atoms with Crippen molar-refractivity contribution < 1.29 is 4.79 Å². The van der Waals surface area contributed by atoms with Crippen LogP contribution >= 0.6 is 11.6 Å². The summed E-state index contributed by atoms with van der Waals surface area (Å²) in [5.74, 6) is 0. The molecule has 1 aliphatic carbocycles. The second kappa shape index (κ2) is 6.80. The molecule has 1 aliphatic rings. The Morgan fingerprint density at radius 1 is 1.32 bits per heavy atom. The molecule has 2 amide bonds. The number of amides is 2. The number of urea groups is 1. The summed E-state index contributed by atoms with van der Waals surface area (Å²) in [7, 11) is 0. The van der Waals surface area contributed by atoms with E-state index in [1.165, 1.54) is 19.3 Å². The first-order chi connectivity index (χ1) is 9.15. The zero-order valence-corrected chi connectivity index (χ0v) is 12.0. The van der Waals surface area contributed by atoms with E-state index >= 15 is 0 Å². The van der Waals surface area contributed by atoms with Gasteiger partial charge in [-0.05, 0) is 37.5 Å². The van der Waals surface area contributed by atoms with E-state index in [1.54, 1.807) is 0 Å². The van der Waals surface area contributed by atoms with E-state index in [1.807, 2.05) is 31.2 Å². The molecule has 0 aromatic heterocycles. The molecule has 1 saturated carbocycles. The summed E-state index contributed by atoms with van der Waals surface area (Å²) < 4.78 is 0. The molecular weight excluding hydrogens is 260 g/mol. The van der Waals surface area contributed by atoms with E-state index in [0.717, 1.165) is 18.4 Å². The summed E-state index contributed by atoms with van der Waals surface area (Å²) in [5, 5.41) is 6.71. The maximum absolute atomic E-state index is 11.9. The fourth-order valence-corrected chi connectivity index (χ4v) is 2.73. The van der Waals surface area contributed by atoms with Crippen molar-refractivity contribution in [2.75, 3.05) is 0 Å². The van der Waals surface area contributed by atoms with Crippen LogP contribution in [0.5, 0.6) is 0 Å². The topological polar surface area (TPSA) is 41.1 Å². The van der Waals surface area contributed by atoms with Crippen molar-refractivity contribution in [3.8, 4) is 0 Å². The van der Waals surface area contributed by atoms with Crippen LogP contribution < -0.4 is 10.6 Å². The number of benzene rings is 1. The Bertz CT molecular complexity index is 430. The van der Waals surface area contributed by atoms with Gasteiger partial charge in [0.15, 0.2) is 0 Å². The molecule has 19 heavy (non-hydrogen) atoms. The van der Waals surface area contributed by atoms with Crippen LogP contribution in [0.3, 0.4) is 0 Å². The van der Waals surface area contributed by atoms with Gasteiger partial charge in [0.05, 0.1) is 6.04 Å². The molecule has 2 rings (SSSR count). The van der Waals surface area contributed by atoms with Crippen LogP contribution in [0, 0.1) is 0 Å². The first-order valence-electron chi connectivity index (χ1n) is 6.97. The second-order valence-electron chi connectivity index (χ2n) is 5.23. The van der Waals surface area contributed by atoms with E-state index in [2.05, 4.69) is 10.6 Å². The minimum atomic E-state index is -0.0839. The summed E-state index contributed by atoms with van der Waals surface area (Å²) in [6.45, 7) is 1.96. The van der Waals surface area contributed by atoms with Gasteiger partial charge >= 0.3 is 6.03 Å². The summed E-state index contributed by atoms with van der Waals surface area (Å²) in [5.41, 5.74) is 1.02. The first-order valence-corrected chi connectivity index (χ1v) is 7.35. The number of hydrogen-bond donors (Lipinski definition) is 2. The van der Waals surface area contributed by atoms with Gasteiger partial charge < -0.3 is 10.6 Å². The number of rotatable bonds is 3. The normalized spacial score (nSPS) is 17.8. The molecule has 1 fully saturated rings. The fraction of sp³-hybridized carbons (Fsp3) is 0.533. The number of nitrogens with one attached hydrogen (secondary N) is 2. The highest BCUT2D eigenvalue weighted by molar-refractivity contribution is 6.30. The molecule has 1 aromatic rings. The molecule has 0 heterocycles. The SMILES string of the molecule is C[C@@H](NC(=O)NC1CCCCC1)c1cccc(Cl)c1. The predicted molar refractivity (Wildman–Crippen MR) is 78.4 cm³/mol. The van der Waals surface area contributed by atoms with Crippen LogP contribution in [0.15, 0.2) is 24.3 Å². The van der Waals surface area contributed by atoms with E-state index in [4.69, 9.17) is 11.6 Å². The number of carbonyl (C=O) groups is 1. The molecular formula is C15H21ClN2O. The lowest BCUT2D eigenvalue weighted by molar-refractivity contribution is 0.229. The molecule has 2 N–H and O–H groups in total. The van der Waals surface area contributed by atoms with E-state index in [-0.39, 0.29) is 12.1 Å². The summed E-state index contributed by atoms with van der Waals surface area (Å²) >= 11 is 5.95. The summed E-state index contributed by atoms with van der Waals surface area (Å²) in [4.78, 5) is 11.9. The molecule has 104 valence electrons. The summed E-state index contributed by atoms with van der Waals surface area (Å²) in [6, 6.07) is 7.79. The van der Waals surface area contributed by atoms with Crippen molar-refractivity contribution in [2.45, 2.75) is 51.1 Å². The van der Waals surface area contributed by atoms with Gasteiger partial charge in [0.1, 0.15) is 0 Å². The van der Waals surface area contributed by atoms with E-state index in [9.17, 15) is 4.79 Å². The van der Waals surface area contributed by atoms with Crippen LogP contribution in [-0.2, 0) is 0 Å². The fourth-order valence-electron chi connectivity index (χ4n) is 2.53. The van der Waals surface area contributed by atoms with Crippen LogP contribution in [0.25, 0.3) is 0 Å². The Morgan fingerprint density at radius 3 is 2.74 bits per heavy atom. The summed E-state index contributed by atoms with van der Waals surface area (Å²) in [6.07, 6.45) is 5.92. The Morgan fingerprint density at radius 2 is 2.05 bits per heavy atom. The third kappa shape index (κ3) is 4.43. The number of carbonyl (C=O) groups excluding carboxylic acids is 1. The minimum Gasteiger partial charge on any atom is -0.335 e. The Labute approximate surface area is 119 Å². The van der Waals surface area contributed by atoms with E-state index in [0.29, 0.717) is 11.1 Å². The Kier molecular flexibility index (Phi) is 5.08. The molecule has 0 aliphatic heterocycles. The van der Waals surface area contributed by atoms with Gasteiger partial charge in [0, 0.05) is 11.1 Å². The lowest BCUT2D eigenvalue weighted by atomic mass is 9.96. The molecule has 0 unspecified atom stereocenters. The van der Waals surface area contributed by atoms with Gasteiger partial charge in [-0.3, -0.25) is 0 Å². The van der Waals surface area contributed by atoms with Gasteiger partial charge in [0.25, 0.3) is 0 Å². The highest BCUT2D eigenvalue weighted by atomic mass is 35.5. The smallest absolute Gasteiger partial charge is 0.315 e. The average molecular weight is 281 g/mol. The van der Waals surface area contributed by atoms with Crippen LogP contribution in [0.1, 0.15) is 50.6 Å². The lowest BCUT2D eigenvalue weighted by Crippen LogP contribution is -2.43. The third-order valence-corrected chi connectivity index (χ3v) is 3.87. The highest BCUT2D eigenvalue weighted by Crippen LogP contribution is 2.19. The third-order valence-electron chi connectivity index (χ3n) is 3.64. The first kappa shape index (κ1) is 14.2. The zero-order valence-electron chi connectivity index (χ0n) is 11.3. The van der Waals surface area contributed by atoms with Gasteiger partial charge in [-0.15, -0.1) is 0 Å². The van der Waals surface area contributed by atoms with Crippen molar-refractivity contribution >= 4 is 17.6 Å². The van der Waals surface area contributed by atoms with Gasteiger partial charge in [-0.25, -0.2) is 4.79 Å². The molecule has 0 radical (unpaired) electrons. The molecule has 4 heteroatoms. The van der Waals surface area contributed by atoms with Crippen LogP contribution in [-0.4, -0.2) is 12.1 Å². The molecule has 0 bridgehead atoms. The molecule has 0 saturated heterocycles. The van der Waals surface area contributed by atoms with Crippen molar-refractivity contribution in [1.82, 2.24) is 10.6 Å². The highest BCUT2D eigenvalue weighted by Gasteiger charge is 2.17. The van der Waals surface area contributed by atoms with Crippen molar-refractivity contribution in [1.29, 1.82) is 0 Å². The minimum absolute atomic E-state index is 0.0395. The van der Waals surface area contributed by atoms with Gasteiger partial charge in [-0.1, -0.05) is 43.0 Å². The van der Waals surface area contributed by atoms with Crippen LogP contribution in [0.4, 0.5) is 4.79 Å². The Hall–Kier alpha value is -1.22. The molecule has 1 aromatic carbocycles. The largest absolute Gasteiger partial charge is 0.335 e. The quantitative estimate of drug-likeness (QED) is 0.862. The van der Waals surface area contributed by atoms with Crippen molar-refractivity contribution in [2.24, 2.45) is 0 Å². The second-order valence-corrected chi connectivity index (χ2v) is 5.67. The van der Waals surface area contributed by atoms with E-state index < -0.39 is 0 Å². The van der Waals surface area contributed by atoms with Gasteiger partial charge in [-0.2, -0.15) is 0 Å². The Balaban J connectivity index is 1.84. The molecule has 3 nitrogen and oxygen atoms in total. The number of halogens is 1. The maximum atomic E-state index is 11.9. The van der Waals surface area contributed by atoms with Crippen LogP contribution in [0.2, 0.25) is 5.02 Å². The van der Waals surface area contributed by atoms with Crippen molar-refractivity contribution in [3.63, 3.8) is 0 Å². The maximum Gasteiger partial charge on any atom is 0.315 e. The van der Waals surface area contributed by atoms with Crippen molar-refractivity contribution in [3.05, 3.63) is 34.9 Å².